The van der Waals surface area contributed by atoms with Crippen molar-refractivity contribution >= 4 is 29.9 Å². The number of carbonyl (C=O) groups is 1. The van der Waals surface area contributed by atoms with Crippen LogP contribution in [-0.2, 0) is 0 Å². The maximum Gasteiger partial charge on any atom is 0.251 e. The number of benzene rings is 1. The van der Waals surface area contributed by atoms with E-state index in [4.69, 9.17) is 11.6 Å². The van der Waals surface area contributed by atoms with Crippen molar-refractivity contribution in [1.82, 2.24) is 10.6 Å². The summed E-state index contributed by atoms with van der Waals surface area (Å²) in [7, 11) is 0. The van der Waals surface area contributed by atoms with E-state index in [1.54, 1.807) is 0 Å². The molecule has 1 aromatic carbocycles. The monoisotopic (exact) mass is 292 g/mol. The van der Waals surface area contributed by atoms with E-state index in [2.05, 4.69) is 10.6 Å². The van der Waals surface area contributed by atoms with E-state index < -0.39 is 5.82 Å². The SMILES string of the molecule is Cl.O=C(NCC1CCCN1)c1ccc(Cl)c(F)c1. The summed E-state index contributed by atoms with van der Waals surface area (Å²) in [6.07, 6.45) is 2.20. The second kappa shape index (κ2) is 6.92. The van der Waals surface area contributed by atoms with Gasteiger partial charge in [0.15, 0.2) is 0 Å². The number of nitrogens with one attached hydrogen (secondary N) is 2. The average molecular weight is 293 g/mol. The van der Waals surface area contributed by atoms with Gasteiger partial charge in [0.2, 0.25) is 0 Å². The average Bonchev–Trinajstić information content (AvgIpc) is 2.82. The van der Waals surface area contributed by atoms with Crippen molar-refractivity contribution in [3.05, 3.63) is 34.6 Å². The molecule has 2 N–H and O–H groups in total. The van der Waals surface area contributed by atoms with Crippen LogP contribution in [0.25, 0.3) is 0 Å². The van der Waals surface area contributed by atoms with Crippen LogP contribution in [0, 0.1) is 5.82 Å². The molecule has 0 aromatic heterocycles. The van der Waals surface area contributed by atoms with Crippen molar-refractivity contribution in [2.45, 2.75) is 18.9 Å². The Morgan fingerprint density at radius 1 is 1.56 bits per heavy atom. The Balaban J connectivity index is 0.00000162. The number of rotatable bonds is 3. The van der Waals surface area contributed by atoms with Gasteiger partial charge in [-0.2, -0.15) is 0 Å². The van der Waals surface area contributed by atoms with Crippen LogP contribution in [0.2, 0.25) is 5.02 Å². The zero-order chi connectivity index (χ0) is 12.3. The lowest BCUT2D eigenvalue weighted by Crippen LogP contribution is -2.37. The molecule has 1 aliphatic heterocycles. The van der Waals surface area contributed by atoms with Gasteiger partial charge < -0.3 is 10.6 Å². The Kier molecular flexibility index (Phi) is 5.85. The van der Waals surface area contributed by atoms with Crippen LogP contribution < -0.4 is 10.6 Å². The maximum atomic E-state index is 13.2. The van der Waals surface area contributed by atoms with E-state index >= 15 is 0 Å². The number of hydrogen-bond acceptors (Lipinski definition) is 2. The highest BCUT2D eigenvalue weighted by Gasteiger charge is 2.15. The van der Waals surface area contributed by atoms with Crippen molar-refractivity contribution in [3.63, 3.8) is 0 Å². The van der Waals surface area contributed by atoms with Crippen molar-refractivity contribution in [3.8, 4) is 0 Å². The van der Waals surface area contributed by atoms with Gasteiger partial charge in [-0.15, -0.1) is 12.4 Å². The van der Waals surface area contributed by atoms with E-state index in [9.17, 15) is 9.18 Å². The molecule has 6 heteroatoms. The molecule has 1 atom stereocenters. The van der Waals surface area contributed by atoms with Gasteiger partial charge in [-0.25, -0.2) is 4.39 Å². The lowest BCUT2D eigenvalue weighted by molar-refractivity contribution is 0.0950. The fourth-order valence-electron chi connectivity index (χ4n) is 1.89. The van der Waals surface area contributed by atoms with E-state index in [0.717, 1.165) is 25.5 Å². The lowest BCUT2D eigenvalue weighted by Gasteiger charge is -2.11. The maximum absolute atomic E-state index is 13.2. The Labute approximate surface area is 116 Å². The van der Waals surface area contributed by atoms with Crippen LogP contribution >= 0.6 is 24.0 Å². The molecule has 1 saturated heterocycles. The molecule has 0 saturated carbocycles. The second-order valence-electron chi connectivity index (χ2n) is 4.13. The van der Waals surface area contributed by atoms with Crippen molar-refractivity contribution in [2.24, 2.45) is 0 Å². The molecule has 0 spiro atoms. The van der Waals surface area contributed by atoms with Gasteiger partial charge in [0.1, 0.15) is 5.82 Å². The highest BCUT2D eigenvalue weighted by molar-refractivity contribution is 6.30. The minimum absolute atomic E-state index is 0. The number of amides is 1. The third-order valence-electron chi connectivity index (χ3n) is 2.85. The number of halogens is 3. The third kappa shape index (κ3) is 3.83. The third-order valence-corrected chi connectivity index (χ3v) is 3.16. The van der Waals surface area contributed by atoms with E-state index in [0.29, 0.717) is 18.2 Å². The smallest absolute Gasteiger partial charge is 0.251 e. The summed E-state index contributed by atoms with van der Waals surface area (Å²) in [5.41, 5.74) is 0.296. The fourth-order valence-corrected chi connectivity index (χ4v) is 2.00. The Hall–Kier alpha value is -0.840. The molecule has 3 nitrogen and oxygen atoms in total. The normalized spacial score (nSPS) is 18.2. The summed E-state index contributed by atoms with van der Waals surface area (Å²) in [5, 5.41) is 6.08. The van der Waals surface area contributed by atoms with Crippen LogP contribution in [0.4, 0.5) is 4.39 Å². The largest absolute Gasteiger partial charge is 0.350 e. The molecule has 1 aromatic rings. The van der Waals surface area contributed by atoms with E-state index in [-0.39, 0.29) is 23.3 Å². The molecule has 100 valence electrons. The van der Waals surface area contributed by atoms with Crippen molar-refractivity contribution in [1.29, 1.82) is 0 Å². The lowest BCUT2D eigenvalue weighted by atomic mass is 10.2. The second-order valence-corrected chi connectivity index (χ2v) is 4.54. The van der Waals surface area contributed by atoms with Crippen molar-refractivity contribution < 1.29 is 9.18 Å². The highest BCUT2D eigenvalue weighted by Crippen LogP contribution is 2.15. The van der Waals surface area contributed by atoms with Crippen LogP contribution in [-0.4, -0.2) is 25.0 Å². The standard InChI is InChI=1S/C12H14ClFN2O.ClH/c13-10-4-3-8(6-11(10)14)12(17)16-7-9-2-1-5-15-9;/h3-4,6,9,15H,1-2,5,7H2,(H,16,17);1H. The Morgan fingerprint density at radius 2 is 2.33 bits per heavy atom. The van der Waals surface area contributed by atoms with Gasteiger partial charge in [-0.1, -0.05) is 11.6 Å². The Bertz CT molecular complexity index is 423. The van der Waals surface area contributed by atoms with E-state index in [1.165, 1.54) is 12.1 Å². The summed E-state index contributed by atoms with van der Waals surface area (Å²) in [4.78, 5) is 11.7. The highest BCUT2D eigenvalue weighted by atomic mass is 35.5. The van der Waals surface area contributed by atoms with E-state index in [1.807, 2.05) is 0 Å². The van der Waals surface area contributed by atoms with Crippen LogP contribution in [0.1, 0.15) is 23.2 Å². The van der Waals surface area contributed by atoms with Crippen LogP contribution in [0.15, 0.2) is 18.2 Å². The van der Waals surface area contributed by atoms with Gasteiger partial charge >= 0.3 is 0 Å². The van der Waals surface area contributed by atoms with Crippen molar-refractivity contribution in [2.75, 3.05) is 13.1 Å². The first-order valence-corrected chi connectivity index (χ1v) is 6.01. The zero-order valence-electron chi connectivity index (χ0n) is 9.71. The van der Waals surface area contributed by atoms with Crippen LogP contribution in [0.5, 0.6) is 0 Å². The molecular formula is C12H15Cl2FN2O. The molecule has 0 aliphatic carbocycles. The molecule has 2 rings (SSSR count). The predicted molar refractivity (Wildman–Crippen MR) is 72.0 cm³/mol. The summed E-state index contributed by atoms with van der Waals surface area (Å²) >= 11 is 5.55. The summed E-state index contributed by atoms with van der Waals surface area (Å²) in [6.45, 7) is 1.57. The van der Waals surface area contributed by atoms with Crippen LogP contribution in [0.3, 0.4) is 0 Å². The van der Waals surface area contributed by atoms with Gasteiger partial charge in [-0.3, -0.25) is 4.79 Å². The molecule has 1 heterocycles. The number of carbonyl (C=O) groups excluding carboxylic acids is 1. The summed E-state index contributed by atoms with van der Waals surface area (Å²) in [6, 6.07) is 4.39. The summed E-state index contributed by atoms with van der Waals surface area (Å²) in [5.74, 6) is -0.840. The van der Waals surface area contributed by atoms with Gasteiger partial charge in [0.25, 0.3) is 5.91 Å². The first kappa shape index (κ1) is 15.2. The first-order valence-electron chi connectivity index (χ1n) is 5.63. The molecule has 1 amide bonds. The van der Waals surface area contributed by atoms with Gasteiger partial charge in [0, 0.05) is 18.2 Å². The molecule has 1 fully saturated rings. The quantitative estimate of drug-likeness (QED) is 0.898. The predicted octanol–water partition coefficient (Wildman–Crippen LogP) is 2.38. The molecule has 1 aliphatic rings. The molecular weight excluding hydrogens is 278 g/mol. The van der Waals surface area contributed by atoms with Gasteiger partial charge in [0.05, 0.1) is 5.02 Å². The molecule has 1 unspecified atom stereocenters. The molecule has 18 heavy (non-hydrogen) atoms. The Morgan fingerprint density at radius 3 is 2.94 bits per heavy atom. The first-order chi connectivity index (χ1) is 8.16. The summed E-state index contributed by atoms with van der Waals surface area (Å²) < 4.78 is 13.2. The number of hydrogen-bond donors (Lipinski definition) is 2. The minimum Gasteiger partial charge on any atom is -0.350 e. The fraction of sp³-hybridized carbons (Fsp3) is 0.417. The van der Waals surface area contributed by atoms with Gasteiger partial charge in [-0.05, 0) is 37.6 Å². The zero-order valence-corrected chi connectivity index (χ0v) is 11.3. The topological polar surface area (TPSA) is 41.1 Å². The molecule has 0 radical (unpaired) electrons. The minimum atomic E-state index is -0.571. The molecule has 0 bridgehead atoms.